The molecule has 2 aromatic carbocycles. The van der Waals surface area contributed by atoms with Gasteiger partial charge in [-0.05, 0) is 55.0 Å². The molecule has 2 fully saturated rings. The van der Waals surface area contributed by atoms with E-state index in [1.54, 1.807) is 30.3 Å². The Kier molecular flexibility index (Phi) is 5.85. The summed E-state index contributed by atoms with van der Waals surface area (Å²) in [7, 11) is 0. The quantitative estimate of drug-likeness (QED) is 0.528. The van der Waals surface area contributed by atoms with Gasteiger partial charge in [0.1, 0.15) is 5.82 Å². The third-order valence-corrected chi connectivity index (χ3v) is 7.75. The first-order valence-corrected chi connectivity index (χ1v) is 11.8. The van der Waals surface area contributed by atoms with Crippen LogP contribution in [0.15, 0.2) is 36.4 Å². The molecule has 5 rings (SSSR count). The first kappa shape index (κ1) is 22.6. The average Bonchev–Trinajstić information content (AvgIpc) is 3.30. The van der Waals surface area contributed by atoms with Gasteiger partial charge in [-0.25, -0.2) is 4.39 Å². The number of rotatable bonds is 3. The molecule has 4 N–H and O–H groups in total. The molecular formula is C24H24Cl2FN3O3. The number of halogens is 3. The molecule has 3 atom stereocenters. The zero-order valence-corrected chi connectivity index (χ0v) is 19.2. The predicted octanol–water partition coefficient (Wildman–Crippen LogP) is 3.50. The van der Waals surface area contributed by atoms with E-state index in [2.05, 4.69) is 16.0 Å². The fourth-order valence-corrected chi connectivity index (χ4v) is 5.95. The molecule has 174 valence electrons. The van der Waals surface area contributed by atoms with Crippen LogP contribution in [0.2, 0.25) is 10.0 Å². The van der Waals surface area contributed by atoms with Crippen LogP contribution in [0.1, 0.15) is 42.7 Å². The fourth-order valence-electron chi connectivity index (χ4n) is 5.59. The van der Waals surface area contributed by atoms with E-state index in [1.807, 2.05) is 0 Å². The Balaban J connectivity index is 1.57. The van der Waals surface area contributed by atoms with Gasteiger partial charge >= 0.3 is 0 Å². The molecule has 3 aliphatic rings. The average molecular weight is 492 g/mol. The Labute approximate surface area is 200 Å². The van der Waals surface area contributed by atoms with Crippen molar-refractivity contribution in [2.24, 2.45) is 0 Å². The summed E-state index contributed by atoms with van der Waals surface area (Å²) in [5, 5.41) is 19.3. The molecule has 9 heteroatoms. The number of nitrogens with one attached hydrogen (secondary N) is 3. The first-order valence-electron chi connectivity index (χ1n) is 11.1. The second kappa shape index (κ2) is 8.55. The highest BCUT2D eigenvalue weighted by Crippen LogP contribution is 2.52. The number of hydrogen-bond donors (Lipinski definition) is 4. The summed E-state index contributed by atoms with van der Waals surface area (Å²) in [5.74, 6) is -2.07. The zero-order valence-electron chi connectivity index (χ0n) is 17.7. The van der Waals surface area contributed by atoms with Gasteiger partial charge in [-0.2, -0.15) is 0 Å². The van der Waals surface area contributed by atoms with Crippen LogP contribution in [0.25, 0.3) is 0 Å². The highest BCUT2D eigenvalue weighted by Gasteiger charge is 2.61. The number of carbonyl (C=O) groups is 2. The van der Waals surface area contributed by atoms with E-state index in [0.29, 0.717) is 42.0 Å². The smallest absolute Gasteiger partial charge is 0.238 e. The lowest BCUT2D eigenvalue weighted by Gasteiger charge is -2.33. The highest BCUT2D eigenvalue weighted by molar-refractivity contribution is 6.31. The van der Waals surface area contributed by atoms with Crippen LogP contribution < -0.4 is 16.0 Å². The minimum Gasteiger partial charge on any atom is -0.393 e. The SMILES string of the molecule is O=C(NC1CCC(O)CC1)[C@@H]1NCC2(C(=O)Nc3cc(Cl)ccc32)[C@H]1c1cccc(Cl)c1F. The lowest BCUT2D eigenvalue weighted by Crippen LogP contribution is -2.49. The summed E-state index contributed by atoms with van der Waals surface area (Å²) in [6, 6.07) is 8.84. The Morgan fingerprint density at radius 3 is 2.67 bits per heavy atom. The summed E-state index contributed by atoms with van der Waals surface area (Å²) in [6.07, 6.45) is 2.24. The lowest BCUT2D eigenvalue weighted by atomic mass is 9.68. The van der Waals surface area contributed by atoms with E-state index >= 15 is 4.39 Å². The minimum absolute atomic E-state index is 0.0651. The van der Waals surface area contributed by atoms with Crippen LogP contribution in [-0.2, 0) is 15.0 Å². The summed E-state index contributed by atoms with van der Waals surface area (Å²) in [6.45, 7) is 0.158. The molecule has 0 bridgehead atoms. The normalized spacial score (nSPS) is 30.8. The third kappa shape index (κ3) is 3.71. The first-order chi connectivity index (χ1) is 15.8. The van der Waals surface area contributed by atoms with Gasteiger partial charge in [0, 0.05) is 29.2 Å². The molecule has 0 aromatic heterocycles. The number of hydrogen-bond acceptors (Lipinski definition) is 4. The number of carbonyl (C=O) groups excluding carboxylic acids is 2. The molecule has 2 aromatic rings. The van der Waals surface area contributed by atoms with Crippen molar-refractivity contribution in [2.75, 3.05) is 11.9 Å². The number of aliphatic hydroxyl groups excluding tert-OH is 1. The van der Waals surface area contributed by atoms with E-state index in [1.165, 1.54) is 6.07 Å². The number of benzene rings is 2. The summed E-state index contributed by atoms with van der Waals surface area (Å²) >= 11 is 12.2. The van der Waals surface area contributed by atoms with Crippen molar-refractivity contribution in [3.8, 4) is 0 Å². The molecule has 0 radical (unpaired) electrons. The van der Waals surface area contributed by atoms with Crippen LogP contribution in [0.4, 0.5) is 10.1 Å². The van der Waals surface area contributed by atoms with Crippen LogP contribution in [0, 0.1) is 5.82 Å². The van der Waals surface area contributed by atoms with Gasteiger partial charge in [0.05, 0.1) is 22.6 Å². The van der Waals surface area contributed by atoms with Crippen LogP contribution in [0.5, 0.6) is 0 Å². The van der Waals surface area contributed by atoms with Crippen molar-refractivity contribution < 1.29 is 19.1 Å². The van der Waals surface area contributed by atoms with Crippen LogP contribution in [-0.4, -0.2) is 41.7 Å². The fraction of sp³-hybridized carbons (Fsp3) is 0.417. The molecule has 2 heterocycles. The van der Waals surface area contributed by atoms with Gasteiger partial charge in [-0.3, -0.25) is 9.59 Å². The van der Waals surface area contributed by atoms with Gasteiger partial charge in [-0.1, -0.05) is 41.4 Å². The second-order valence-corrected chi connectivity index (χ2v) is 9.95. The largest absolute Gasteiger partial charge is 0.393 e. The summed E-state index contributed by atoms with van der Waals surface area (Å²) < 4.78 is 15.3. The van der Waals surface area contributed by atoms with Crippen molar-refractivity contribution in [3.05, 3.63) is 63.4 Å². The van der Waals surface area contributed by atoms with Gasteiger partial charge in [0.2, 0.25) is 11.8 Å². The van der Waals surface area contributed by atoms with Crippen molar-refractivity contribution in [1.29, 1.82) is 0 Å². The van der Waals surface area contributed by atoms with Crippen molar-refractivity contribution in [1.82, 2.24) is 10.6 Å². The van der Waals surface area contributed by atoms with E-state index in [9.17, 15) is 14.7 Å². The topological polar surface area (TPSA) is 90.5 Å². The number of aliphatic hydroxyl groups is 1. The van der Waals surface area contributed by atoms with E-state index < -0.39 is 23.2 Å². The van der Waals surface area contributed by atoms with Crippen molar-refractivity contribution in [2.45, 2.75) is 55.2 Å². The maximum atomic E-state index is 15.3. The minimum atomic E-state index is -1.20. The molecule has 1 spiro atoms. The second-order valence-electron chi connectivity index (χ2n) is 9.11. The molecule has 33 heavy (non-hydrogen) atoms. The Morgan fingerprint density at radius 1 is 1.15 bits per heavy atom. The number of anilines is 1. The maximum Gasteiger partial charge on any atom is 0.238 e. The number of fused-ring (bicyclic) bond motifs is 2. The van der Waals surface area contributed by atoms with Crippen molar-refractivity contribution >= 4 is 40.7 Å². The van der Waals surface area contributed by atoms with Gasteiger partial charge in [-0.15, -0.1) is 0 Å². The molecule has 1 saturated heterocycles. The van der Waals surface area contributed by atoms with Gasteiger partial charge in [0.15, 0.2) is 0 Å². The molecule has 1 aliphatic carbocycles. The van der Waals surface area contributed by atoms with E-state index in [0.717, 1.165) is 0 Å². The third-order valence-electron chi connectivity index (χ3n) is 7.22. The highest BCUT2D eigenvalue weighted by atomic mass is 35.5. The molecule has 1 saturated carbocycles. The Bertz CT molecular complexity index is 1120. The molecular weight excluding hydrogens is 468 g/mol. The van der Waals surface area contributed by atoms with E-state index in [4.69, 9.17) is 23.2 Å². The van der Waals surface area contributed by atoms with E-state index in [-0.39, 0.29) is 41.1 Å². The standard InChI is InChI=1S/C24H24Cl2FN3O3/c25-12-4-9-16-18(10-12)30-23(33)24(16)11-28-21(19(24)15-2-1-3-17(26)20(15)27)22(32)29-13-5-7-14(31)8-6-13/h1-4,9-10,13-14,19,21,28,31H,5-8,11H2,(H,29,32)(H,30,33)/t13?,14?,19-,21+,24?/m0/s1. The summed E-state index contributed by atoms with van der Waals surface area (Å²) in [5.41, 5.74) is 0.245. The summed E-state index contributed by atoms with van der Waals surface area (Å²) in [4.78, 5) is 26.9. The number of amides is 2. The van der Waals surface area contributed by atoms with Crippen molar-refractivity contribution in [3.63, 3.8) is 0 Å². The Hall–Kier alpha value is -2.19. The zero-order chi connectivity index (χ0) is 23.3. The van der Waals surface area contributed by atoms with Gasteiger partial charge in [0.25, 0.3) is 0 Å². The Morgan fingerprint density at radius 2 is 1.91 bits per heavy atom. The lowest BCUT2D eigenvalue weighted by molar-refractivity contribution is -0.124. The molecule has 2 aliphatic heterocycles. The molecule has 2 amide bonds. The maximum absolute atomic E-state index is 15.3. The van der Waals surface area contributed by atoms with Gasteiger partial charge < -0.3 is 21.1 Å². The monoisotopic (exact) mass is 491 g/mol. The molecule has 6 nitrogen and oxygen atoms in total. The predicted molar refractivity (Wildman–Crippen MR) is 124 cm³/mol. The molecule has 1 unspecified atom stereocenters. The van der Waals surface area contributed by atoms with Crippen LogP contribution in [0.3, 0.4) is 0 Å². The van der Waals surface area contributed by atoms with Crippen LogP contribution >= 0.6 is 23.2 Å².